The van der Waals surface area contributed by atoms with E-state index < -0.39 is 4.92 Å². The summed E-state index contributed by atoms with van der Waals surface area (Å²) in [6.07, 6.45) is 0.672. The van der Waals surface area contributed by atoms with Crippen LogP contribution >= 0.6 is 23.1 Å². The highest BCUT2D eigenvalue weighted by Crippen LogP contribution is 2.16. The van der Waals surface area contributed by atoms with Crippen molar-refractivity contribution in [3.63, 3.8) is 0 Å². The highest BCUT2D eigenvalue weighted by molar-refractivity contribution is 7.98. The van der Waals surface area contributed by atoms with E-state index in [-0.39, 0.29) is 5.82 Å². The normalized spacial score (nSPS) is 11.9. The van der Waals surface area contributed by atoms with Gasteiger partial charge in [0.15, 0.2) is 0 Å². The lowest BCUT2D eigenvalue weighted by Gasteiger charge is -2.07. The first-order valence-electron chi connectivity index (χ1n) is 6.21. The van der Waals surface area contributed by atoms with Crippen molar-refractivity contribution in [1.29, 1.82) is 0 Å². The second-order valence-electron chi connectivity index (χ2n) is 4.44. The molecule has 1 heterocycles. The van der Waals surface area contributed by atoms with Crippen LogP contribution in [0.1, 0.15) is 10.7 Å². The van der Waals surface area contributed by atoms with Crippen molar-refractivity contribution in [2.75, 3.05) is 26.4 Å². The molecular formula is C11H19N5O3S2. The van der Waals surface area contributed by atoms with Gasteiger partial charge in [0.25, 0.3) is 5.82 Å². The Hall–Kier alpha value is -1.20. The van der Waals surface area contributed by atoms with E-state index in [2.05, 4.69) is 15.2 Å². The molecule has 0 radical (unpaired) electrons. The minimum Gasteiger partial charge on any atom is -0.629 e. The van der Waals surface area contributed by atoms with Crippen LogP contribution in [0.3, 0.4) is 0 Å². The molecule has 0 spiro atoms. The van der Waals surface area contributed by atoms with Gasteiger partial charge in [0, 0.05) is 30.0 Å². The lowest BCUT2D eigenvalue weighted by molar-refractivity contribution is -0.552. The Balaban J connectivity index is 2.22. The zero-order valence-corrected chi connectivity index (χ0v) is 13.6. The number of nitrogens with two attached hydrogens (primary N) is 1. The van der Waals surface area contributed by atoms with Gasteiger partial charge in [-0.3, -0.25) is 10.1 Å². The number of aromatic nitrogens is 1. The first-order chi connectivity index (χ1) is 10.0. The number of thiazole rings is 1. The molecule has 0 aliphatic heterocycles. The van der Waals surface area contributed by atoms with E-state index in [1.165, 1.54) is 0 Å². The van der Waals surface area contributed by atoms with E-state index in [1.807, 2.05) is 19.5 Å². The monoisotopic (exact) mass is 333 g/mol. The topological polar surface area (TPSA) is 111 Å². The van der Waals surface area contributed by atoms with Crippen molar-refractivity contribution in [2.24, 2.45) is 0 Å². The molecule has 1 aromatic rings. The van der Waals surface area contributed by atoms with Gasteiger partial charge in [0.1, 0.15) is 5.01 Å². The Labute approximate surface area is 131 Å². The van der Waals surface area contributed by atoms with Gasteiger partial charge in [-0.15, -0.1) is 11.3 Å². The third-order valence-corrected chi connectivity index (χ3v) is 4.12. The summed E-state index contributed by atoms with van der Waals surface area (Å²) >= 11 is 3.31. The summed E-state index contributed by atoms with van der Waals surface area (Å²) in [6.45, 7) is 1.34. The molecule has 0 fully saturated rings. The molecule has 0 unspecified atom stereocenters. The molecule has 10 heteroatoms. The van der Waals surface area contributed by atoms with Crippen molar-refractivity contribution in [3.05, 3.63) is 43.4 Å². The summed E-state index contributed by atoms with van der Waals surface area (Å²) in [5.74, 6) is 1.52. The fourth-order valence-electron chi connectivity index (χ4n) is 1.43. The molecule has 0 amide bonds. The predicted molar refractivity (Wildman–Crippen MR) is 84.0 cm³/mol. The summed E-state index contributed by atoms with van der Waals surface area (Å²) in [5.41, 5.74) is 1.49. The fraction of sp³-hybridized carbons (Fsp3) is 0.545. The number of hydroxylamine groups is 1. The molecule has 8 nitrogen and oxygen atoms in total. The third kappa shape index (κ3) is 7.97. The lowest BCUT2D eigenvalue weighted by Crippen LogP contribution is -2.78. The maximum Gasteiger partial charge on any atom is 0.312 e. The van der Waals surface area contributed by atoms with Crippen molar-refractivity contribution in [3.8, 4) is 0 Å². The van der Waals surface area contributed by atoms with Crippen LogP contribution in [0.15, 0.2) is 17.4 Å². The molecule has 0 aliphatic carbocycles. The van der Waals surface area contributed by atoms with Crippen LogP contribution in [0.4, 0.5) is 0 Å². The van der Waals surface area contributed by atoms with E-state index in [0.29, 0.717) is 18.2 Å². The summed E-state index contributed by atoms with van der Waals surface area (Å²) in [4.78, 5) is 16.2. The van der Waals surface area contributed by atoms with Gasteiger partial charge in [-0.05, 0) is 14.1 Å². The Morgan fingerprint density at radius 3 is 3.05 bits per heavy atom. The highest BCUT2D eigenvalue weighted by atomic mass is 32.2. The van der Waals surface area contributed by atoms with Crippen LogP contribution in [0, 0.1) is 15.3 Å². The standard InChI is InChI=1S/C11H19N5O3S2/c1-15(2)6-11-13-9(8-21-11)7-20-4-3-12-10(14-17)5-16(18)19/h5,8,12H,3-4,6-7,14H2,1-2H3/b10-5-. The van der Waals surface area contributed by atoms with E-state index in [9.17, 15) is 15.3 Å². The molecule has 0 bridgehead atoms. The lowest BCUT2D eigenvalue weighted by atomic mass is 10.5. The highest BCUT2D eigenvalue weighted by Gasteiger charge is 2.04. The van der Waals surface area contributed by atoms with Crippen LogP contribution in [0.2, 0.25) is 0 Å². The van der Waals surface area contributed by atoms with Gasteiger partial charge < -0.3 is 20.9 Å². The van der Waals surface area contributed by atoms with E-state index >= 15 is 0 Å². The molecular weight excluding hydrogens is 314 g/mol. The molecule has 1 aromatic heterocycles. The number of hydrogen-bond donors (Lipinski definition) is 2. The van der Waals surface area contributed by atoms with E-state index in [1.54, 1.807) is 23.1 Å². The van der Waals surface area contributed by atoms with Gasteiger partial charge >= 0.3 is 6.20 Å². The average Bonchev–Trinajstić information content (AvgIpc) is 2.83. The summed E-state index contributed by atoms with van der Waals surface area (Å²) in [7, 11) is 4.01. The largest absolute Gasteiger partial charge is 0.629 e. The van der Waals surface area contributed by atoms with Crippen LogP contribution in [0.25, 0.3) is 0 Å². The Morgan fingerprint density at radius 2 is 2.43 bits per heavy atom. The molecule has 1 rings (SSSR count). The molecule has 0 aromatic carbocycles. The minimum atomic E-state index is -0.647. The summed E-state index contributed by atoms with van der Waals surface area (Å²) < 4.78 is 0. The number of quaternary nitrogens is 1. The maximum absolute atomic E-state index is 10.6. The molecule has 0 saturated carbocycles. The van der Waals surface area contributed by atoms with Crippen LogP contribution in [-0.2, 0) is 12.3 Å². The molecule has 21 heavy (non-hydrogen) atoms. The Morgan fingerprint density at radius 1 is 1.67 bits per heavy atom. The molecule has 0 atom stereocenters. The molecule has 0 aliphatic rings. The van der Waals surface area contributed by atoms with Crippen molar-refractivity contribution < 1.29 is 10.4 Å². The van der Waals surface area contributed by atoms with Gasteiger partial charge in [-0.2, -0.15) is 11.8 Å². The quantitative estimate of drug-likeness (QED) is 0.356. The number of rotatable bonds is 10. The van der Waals surface area contributed by atoms with Gasteiger partial charge in [0.05, 0.1) is 10.6 Å². The van der Waals surface area contributed by atoms with E-state index in [0.717, 1.165) is 28.8 Å². The van der Waals surface area contributed by atoms with Crippen LogP contribution < -0.4 is 10.8 Å². The second kappa shape index (κ2) is 9.68. The summed E-state index contributed by atoms with van der Waals surface area (Å²) in [5, 5.41) is 26.7. The first kappa shape index (κ1) is 17.9. The van der Waals surface area contributed by atoms with Gasteiger partial charge in [-0.25, -0.2) is 4.98 Å². The van der Waals surface area contributed by atoms with E-state index in [4.69, 9.17) is 0 Å². The first-order valence-corrected chi connectivity index (χ1v) is 8.25. The predicted octanol–water partition coefficient (Wildman–Crippen LogP) is 0.164. The van der Waals surface area contributed by atoms with Crippen LogP contribution in [0.5, 0.6) is 0 Å². The fourth-order valence-corrected chi connectivity index (χ4v) is 3.20. The van der Waals surface area contributed by atoms with Crippen molar-refractivity contribution in [1.82, 2.24) is 15.2 Å². The van der Waals surface area contributed by atoms with Gasteiger partial charge in [-0.1, -0.05) is 0 Å². The SMILES string of the molecule is CN(C)Cc1nc(CSCCN/C(=C/[N+](=O)[O-])[NH2+][O-])cs1. The number of nitrogens with zero attached hydrogens (tertiary/aromatic N) is 3. The van der Waals surface area contributed by atoms with Gasteiger partial charge in [0.2, 0.25) is 0 Å². The van der Waals surface area contributed by atoms with Crippen molar-refractivity contribution in [2.45, 2.75) is 12.3 Å². The van der Waals surface area contributed by atoms with Crippen molar-refractivity contribution >= 4 is 23.1 Å². The zero-order valence-electron chi connectivity index (χ0n) is 11.9. The Bertz CT molecular complexity index is 478. The molecule has 3 N–H and O–H groups in total. The third-order valence-electron chi connectivity index (χ3n) is 2.25. The summed E-state index contributed by atoms with van der Waals surface area (Å²) in [6, 6.07) is 0. The molecule has 0 saturated heterocycles. The number of nitro groups is 1. The number of hydrogen-bond acceptors (Lipinski definition) is 8. The smallest absolute Gasteiger partial charge is 0.312 e. The maximum atomic E-state index is 10.6. The minimum absolute atomic E-state index is 0.0115. The number of nitrogens with one attached hydrogen (secondary N) is 1. The Kier molecular flexibility index (Phi) is 8.23. The average molecular weight is 333 g/mol. The van der Waals surface area contributed by atoms with Crippen LogP contribution in [-0.4, -0.2) is 41.2 Å². The molecule has 118 valence electrons. The second-order valence-corrected chi connectivity index (χ2v) is 6.49. The zero-order chi connectivity index (χ0) is 15.7. The number of thioether (sulfide) groups is 1.